The number of nitrogens with two attached hydrogens (primary N) is 1. The molecule has 1 aromatic rings. The molecule has 0 spiro atoms. The summed E-state index contributed by atoms with van der Waals surface area (Å²) in [5.74, 6) is -0.917. The van der Waals surface area contributed by atoms with Crippen LogP contribution in [-0.2, 0) is 14.8 Å². The highest BCUT2D eigenvalue weighted by atomic mass is 32.2. The molecule has 0 aliphatic carbocycles. The number of sulfonamides is 1. The second-order valence-corrected chi connectivity index (χ2v) is 6.52. The predicted molar refractivity (Wildman–Crippen MR) is 78.6 cm³/mol. The summed E-state index contributed by atoms with van der Waals surface area (Å²) in [4.78, 5) is 13.3. The van der Waals surface area contributed by atoms with Crippen LogP contribution in [0.25, 0.3) is 0 Å². The number of nitrogens with zero attached hydrogens (tertiary/aromatic N) is 2. The lowest BCUT2D eigenvalue weighted by atomic mass is 10.3. The van der Waals surface area contributed by atoms with E-state index in [-0.39, 0.29) is 23.0 Å². The minimum Gasteiger partial charge on any atom is -0.398 e. The van der Waals surface area contributed by atoms with Crippen molar-refractivity contribution in [3.63, 3.8) is 0 Å². The Hall–Kier alpha value is -1.67. The van der Waals surface area contributed by atoms with Gasteiger partial charge in [-0.1, -0.05) is 0 Å². The summed E-state index contributed by atoms with van der Waals surface area (Å²) < 4.78 is 38.6. The monoisotopic (exact) mass is 317 g/mol. The van der Waals surface area contributed by atoms with Crippen LogP contribution in [0.4, 0.5) is 10.1 Å². The molecule has 0 unspecified atom stereocenters. The predicted octanol–water partition coefficient (Wildman–Crippen LogP) is 0.897. The molecule has 1 aromatic carbocycles. The van der Waals surface area contributed by atoms with Crippen molar-refractivity contribution in [3.8, 4) is 0 Å². The van der Waals surface area contributed by atoms with Crippen LogP contribution in [-0.4, -0.2) is 50.2 Å². The van der Waals surface area contributed by atoms with Crippen LogP contribution in [0.1, 0.15) is 13.8 Å². The van der Waals surface area contributed by atoms with Gasteiger partial charge in [-0.05, 0) is 32.0 Å². The number of benzene rings is 1. The lowest BCUT2D eigenvalue weighted by Gasteiger charge is -2.23. The maximum absolute atomic E-state index is 13.0. The fraction of sp³-hybridized carbons (Fsp3) is 0.462. The molecule has 0 saturated carbocycles. The third-order valence-electron chi connectivity index (χ3n) is 3.13. The van der Waals surface area contributed by atoms with Gasteiger partial charge in [0, 0.05) is 20.1 Å². The van der Waals surface area contributed by atoms with Crippen molar-refractivity contribution < 1.29 is 17.6 Å². The quantitative estimate of drug-likeness (QED) is 0.790. The number of halogens is 1. The number of amides is 1. The van der Waals surface area contributed by atoms with E-state index in [0.717, 1.165) is 22.5 Å². The minimum absolute atomic E-state index is 0.183. The second kappa shape index (κ2) is 6.86. The number of carbonyl (C=O) groups is 1. The number of hydrogen-bond donors (Lipinski definition) is 1. The zero-order chi connectivity index (χ0) is 16.2. The lowest BCUT2D eigenvalue weighted by molar-refractivity contribution is -0.130. The van der Waals surface area contributed by atoms with E-state index in [1.165, 1.54) is 11.9 Å². The van der Waals surface area contributed by atoms with Crippen molar-refractivity contribution in [2.45, 2.75) is 18.7 Å². The van der Waals surface area contributed by atoms with Gasteiger partial charge in [0.25, 0.3) is 0 Å². The van der Waals surface area contributed by atoms with Crippen LogP contribution < -0.4 is 5.73 Å². The third-order valence-corrected chi connectivity index (χ3v) is 5.01. The maximum Gasteiger partial charge on any atom is 0.245 e. The summed E-state index contributed by atoms with van der Waals surface area (Å²) in [6.07, 6.45) is 0. The van der Waals surface area contributed by atoms with E-state index in [1.807, 2.05) is 13.8 Å². The van der Waals surface area contributed by atoms with Gasteiger partial charge in [0.2, 0.25) is 15.9 Å². The zero-order valence-corrected chi connectivity index (χ0v) is 13.2. The van der Waals surface area contributed by atoms with Crippen molar-refractivity contribution >= 4 is 21.6 Å². The van der Waals surface area contributed by atoms with Crippen molar-refractivity contribution in [1.82, 2.24) is 9.21 Å². The number of anilines is 1. The van der Waals surface area contributed by atoms with Gasteiger partial charge in [-0.2, -0.15) is 4.31 Å². The molecule has 0 fully saturated rings. The van der Waals surface area contributed by atoms with Crippen LogP contribution in [0.5, 0.6) is 0 Å². The first kappa shape index (κ1) is 17.4. The van der Waals surface area contributed by atoms with Crippen LogP contribution >= 0.6 is 0 Å². The molecule has 21 heavy (non-hydrogen) atoms. The number of likely N-dealkylation sites (N-methyl/N-ethyl adjacent to an activating group) is 2. The van der Waals surface area contributed by atoms with Gasteiger partial charge in [0.05, 0.1) is 12.2 Å². The average molecular weight is 317 g/mol. The smallest absolute Gasteiger partial charge is 0.245 e. The summed E-state index contributed by atoms with van der Waals surface area (Å²) in [5.41, 5.74) is 5.36. The Morgan fingerprint density at radius 1 is 1.29 bits per heavy atom. The Balaban J connectivity index is 2.99. The number of nitrogen functional groups attached to an aromatic ring is 1. The van der Waals surface area contributed by atoms with E-state index in [0.29, 0.717) is 13.1 Å². The van der Waals surface area contributed by atoms with Gasteiger partial charge in [-0.15, -0.1) is 0 Å². The van der Waals surface area contributed by atoms with Crippen LogP contribution in [0.2, 0.25) is 0 Å². The molecular formula is C13H20FN3O3S. The zero-order valence-electron chi connectivity index (χ0n) is 12.3. The average Bonchev–Trinajstić information content (AvgIpc) is 2.39. The molecule has 6 nitrogen and oxygen atoms in total. The molecule has 0 radical (unpaired) electrons. The van der Waals surface area contributed by atoms with Crippen LogP contribution in [0, 0.1) is 5.82 Å². The lowest BCUT2D eigenvalue weighted by Crippen LogP contribution is -2.41. The van der Waals surface area contributed by atoms with E-state index in [1.54, 1.807) is 0 Å². The second-order valence-electron chi connectivity index (χ2n) is 4.51. The molecule has 0 atom stereocenters. The van der Waals surface area contributed by atoms with E-state index >= 15 is 0 Å². The van der Waals surface area contributed by atoms with E-state index in [9.17, 15) is 17.6 Å². The van der Waals surface area contributed by atoms with Gasteiger partial charge >= 0.3 is 0 Å². The summed E-state index contributed by atoms with van der Waals surface area (Å²) in [6.45, 7) is 4.34. The van der Waals surface area contributed by atoms with Crippen LogP contribution in [0.3, 0.4) is 0 Å². The number of carbonyl (C=O) groups excluding carboxylic acids is 1. The SMILES string of the molecule is CCN(CC)C(=O)CN(C)S(=O)(=O)c1ccc(F)cc1N. The number of rotatable bonds is 6. The molecule has 118 valence electrons. The van der Waals surface area contributed by atoms with Gasteiger partial charge in [0.1, 0.15) is 10.7 Å². The molecule has 1 amide bonds. The van der Waals surface area contributed by atoms with Gasteiger partial charge < -0.3 is 10.6 Å². The van der Waals surface area contributed by atoms with E-state index in [2.05, 4.69) is 0 Å². The summed E-state index contributed by atoms with van der Waals surface area (Å²) >= 11 is 0. The summed E-state index contributed by atoms with van der Waals surface area (Å²) in [7, 11) is -2.65. The Morgan fingerprint density at radius 2 is 1.86 bits per heavy atom. The highest BCUT2D eigenvalue weighted by Gasteiger charge is 2.26. The maximum atomic E-state index is 13.0. The molecular weight excluding hydrogens is 297 g/mol. The molecule has 0 saturated heterocycles. The van der Waals surface area contributed by atoms with Crippen LogP contribution in [0.15, 0.2) is 23.1 Å². The highest BCUT2D eigenvalue weighted by molar-refractivity contribution is 7.89. The van der Waals surface area contributed by atoms with Crippen molar-refractivity contribution in [2.24, 2.45) is 0 Å². The normalized spacial score (nSPS) is 11.7. The van der Waals surface area contributed by atoms with Crippen molar-refractivity contribution in [2.75, 3.05) is 32.4 Å². The molecule has 1 rings (SSSR count). The van der Waals surface area contributed by atoms with E-state index in [4.69, 9.17) is 5.73 Å². The Morgan fingerprint density at radius 3 is 2.33 bits per heavy atom. The topological polar surface area (TPSA) is 83.7 Å². The first-order valence-corrected chi connectivity index (χ1v) is 7.97. The number of hydrogen-bond acceptors (Lipinski definition) is 4. The van der Waals surface area contributed by atoms with Gasteiger partial charge in [-0.3, -0.25) is 4.79 Å². The highest BCUT2D eigenvalue weighted by Crippen LogP contribution is 2.22. The molecule has 0 bridgehead atoms. The van der Waals surface area contributed by atoms with Gasteiger partial charge in [-0.25, -0.2) is 12.8 Å². The summed E-state index contributed by atoms with van der Waals surface area (Å²) in [5, 5.41) is 0. The van der Waals surface area contributed by atoms with Gasteiger partial charge in [0.15, 0.2) is 0 Å². The first-order valence-electron chi connectivity index (χ1n) is 6.53. The standard InChI is InChI=1S/C13H20FN3O3S/c1-4-17(5-2)13(18)9-16(3)21(19,20)12-7-6-10(14)8-11(12)15/h6-8H,4-5,9,15H2,1-3H3. The molecule has 2 N–H and O–H groups in total. The molecule has 0 heterocycles. The Labute approximate surface area is 124 Å². The van der Waals surface area contributed by atoms with E-state index < -0.39 is 15.8 Å². The molecule has 0 aromatic heterocycles. The van der Waals surface area contributed by atoms with Crippen molar-refractivity contribution in [1.29, 1.82) is 0 Å². The first-order chi connectivity index (χ1) is 9.73. The largest absolute Gasteiger partial charge is 0.398 e. The third kappa shape index (κ3) is 3.92. The Kier molecular flexibility index (Phi) is 5.68. The molecule has 8 heteroatoms. The molecule has 0 aliphatic heterocycles. The van der Waals surface area contributed by atoms with Crippen molar-refractivity contribution in [3.05, 3.63) is 24.0 Å². The minimum atomic E-state index is -3.94. The molecule has 0 aliphatic rings. The Bertz CT molecular complexity index is 615. The fourth-order valence-corrected chi connectivity index (χ4v) is 3.09. The summed E-state index contributed by atoms with van der Waals surface area (Å²) in [6, 6.07) is 3.05. The fourth-order valence-electron chi connectivity index (χ4n) is 1.87.